The molecule has 0 radical (unpaired) electrons. The average Bonchev–Trinajstić information content (AvgIpc) is 3.07. The molecule has 0 unspecified atom stereocenters. The van der Waals surface area contributed by atoms with E-state index in [1.165, 1.54) is 0 Å². The highest BCUT2D eigenvalue weighted by Gasteiger charge is 2.50. The van der Waals surface area contributed by atoms with Crippen LogP contribution in [0.4, 0.5) is 0 Å². The molecule has 92 valence electrons. The van der Waals surface area contributed by atoms with E-state index in [0.29, 0.717) is 6.54 Å². The van der Waals surface area contributed by atoms with Crippen LogP contribution in [0.3, 0.4) is 0 Å². The van der Waals surface area contributed by atoms with E-state index in [-0.39, 0.29) is 11.3 Å². The van der Waals surface area contributed by atoms with Crippen molar-refractivity contribution in [1.82, 2.24) is 15.5 Å². The second kappa shape index (κ2) is 4.29. The van der Waals surface area contributed by atoms with Crippen LogP contribution in [0.1, 0.15) is 24.1 Å². The molecular weight excluding hydrogens is 226 g/mol. The third-order valence-electron chi connectivity index (χ3n) is 3.51. The van der Waals surface area contributed by atoms with Crippen molar-refractivity contribution in [2.45, 2.75) is 24.8 Å². The fraction of sp³-hybridized carbons (Fsp3) is 0.286. The van der Waals surface area contributed by atoms with E-state index < -0.39 is 0 Å². The molecule has 1 aliphatic rings. The molecule has 18 heavy (non-hydrogen) atoms. The van der Waals surface area contributed by atoms with Crippen LogP contribution in [-0.2, 0) is 16.8 Å². The third-order valence-corrected chi connectivity index (χ3v) is 3.51. The molecule has 1 fully saturated rings. The molecule has 1 aliphatic carbocycles. The fourth-order valence-corrected chi connectivity index (χ4v) is 2.26. The number of aromatic nitrogens is 2. The van der Waals surface area contributed by atoms with Crippen LogP contribution in [0, 0.1) is 0 Å². The maximum Gasteiger partial charge on any atom is 0.230 e. The smallest absolute Gasteiger partial charge is 0.230 e. The highest BCUT2D eigenvalue weighted by atomic mass is 16.2. The van der Waals surface area contributed by atoms with E-state index in [4.69, 9.17) is 0 Å². The minimum Gasteiger partial charge on any atom is -0.350 e. The van der Waals surface area contributed by atoms with Crippen molar-refractivity contribution in [2.75, 3.05) is 0 Å². The monoisotopic (exact) mass is 241 g/mol. The summed E-state index contributed by atoms with van der Waals surface area (Å²) in [5.41, 5.74) is 1.75. The van der Waals surface area contributed by atoms with Crippen molar-refractivity contribution in [3.63, 3.8) is 0 Å². The van der Waals surface area contributed by atoms with Crippen LogP contribution >= 0.6 is 0 Å². The van der Waals surface area contributed by atoms with Gasteiger partial charge in [-0.3, -0.25) is 9.89 Å². The summed E-state index contributed by atoms with van der Waals surface area (Å²) in [6.07, 6.45) is 3.56. The summed E-state index contributed by atoms with van der Waals surface area (Å²) in [7, 11) is 0. The zero-order chi connectivity index (χ0) is 12.4. The van der Waals surface area contributed by atoms with Gasteiger partial charge in [0.15, 0.2) is 0 Å². The lowest BCUT2D eigenvalue weighted by molar-refractivity contribution is -0.123. The Morgan fingerprint density at radius 3 is 2.67 bits per heavy atom. The van der Waals surface area contributed by atoms with E-state index in [9.17, 15) is 4.79 Å². The molecule has 4 nitrogen and oxygen atoms in total. The summed E-state index contributed by atoms with van der Waals surface area (Å²) >= 11 is 0. The number of rotatable bonds is 4. The van der Waals surface area contributed by atoms with Gasteiger partial charge in [-0.2, -0.15) is 5.10 Å². The maximum atomic E-state index is 12.3. The Bertz CT molecular complexity index is 529. The lowest BCUT2D eigenvalue weighted by Gasteiger charge is -2.15. The number of benzene rings is 1. The predicted octanol–water partition coefficient (Wildman–Crippen LogP) is 1.76. The normalized spacial score (nSPS) is 16.2. The van der Waals surface area contributed by atoms with Gasteiger partial charge in [-0.25, -0.2) is 0 Å². The zero-order valence-corrected chi connectivity index (χ0v) is 10.0. The summed E-state index contributed by atoms with van der Waals surface area (Å²) in [5, 5.41) is 9.68. The highest BCUT2D eigenvalue weighted by Crippen LogP contribution is 2.48. The summed E-state index contributed by atoms with van der Waals surface area (Å²) in [6.45, 7) is 0.507. The molecule has 3 rings (SSSR count). The summed E-state index contributed by atoms with van der Waals surface area (Å²) < 4.78 is 0. The lowest BCUT2D eigenvalue weighted by atomic mass is 9.95. The number of aromatic amines is 1. The average molecular weight is 241 g/mol. The van der Waals surface area contributed by atoms with E-state index >= 15 is 0 Å². The van der Waals surface area contributed by atoms with E-state index in [2.05, 4.69) is 15.5 Å². The first-order valence-corrected chi connectivity index (χ1v) is 6.13. The first-order chi connectivity index (χ1) is 8.81. The molecule has 1 saturated carbocycles. The molecule has 0 spiro atoms. The maximum absolute atomic E-state index is 12.3. The second-order valence-corrected chi connectivity index (χ2v) is 4.71. The molecule has 0 bridgehead atoms. The van der Waals surface area contributed by atoms with Gasteiger partial charge < -0.3 is 5.32 Å². The number of nitrogens with zero attached hydrogens (tertiary/aromatic N) is 1. The number of nitrogens with one attached hydrogen (secondary N) is 2. The first-order valence-electron chi connectivity index (χ1n) is 6.13. The largest absolute Gasteiger partial charge is 0.350 e. The van der Waals surface area contributed by atoms with Crippen LogP contribution in [0.2, 0.25) is 0 Å². The van der Waals surface area contributed by atoms with Crippen LogP contribution in [0.25, 0.3) is 0 Å². The number of hydrogen-bond donors (Lipinski definition) is 2. The Morgan fingerprint density at radius 2 is 2.06 bits per heavy atom. The Morgan fingerprint density at radius 1 is 1.28 bits per heavy atom. The molecule has 1 aromatic heterocycles. The molecule has 0 atom stereocenters. The summed E-state index contributed by atoms with van der Waals surface area (Å²) in [5.74, 6) is 0.114. The van der Waals surface area contributed by atoms with Crippen LogP contribution in [-0.4, -0.2) is 16.1 Å². The quantitative estimate of drug-likeness (QED) is 0.857. The van der Waals surface area contributed by atoms with Gasteiger partial charge in [0.1, 0.15) is 0 Å². The van der Waals surface area contributed by atoms with E-state index in [1.54, 1.807) is 6.20 Å². The molecular formula is C14H15N3O. The van der Waals surface area contributed by atoms with Gasteiger partial charge in [0.25, 0.3) is 0 Å². The zero-order valence-electron chi connectivity index (χ0n) is 10.0. The summed E-state index contributed by atoms with van der Waals surface area (Å²) in [4.78, 5) is 12.3. The number of carbonyl (C=O) groups excluding carboxylic acids is 1. The minimum absolute atomic E-state index is 0.114. The van der Waals surface area contributed by atoms with Crippen molar-refractivity contribution in [3.8, 4) is 0 Å². The lowest BCUT2D eigenvalue weighted by Crippen LogP contribution is -2.34. The molecule has 1 amide bonds. The van der Waals surface area contributed by atoms with Gasteiger partial charge in [0.05, 0.1) is 17.7 Å². The van der Waals surface area contributed by atoms with Crippen molar-refractivity contribution in [1.29, 1.82) is 0 Å². The van der Waals surface area contributed by atoms with Crippen molar-refractivity contribution >= 4 is 5.91 Å². The Balaban J connectivity index is 1.69. The van der Waals surface area contributed by atoms with Gasteiger partial charge in [-0.1, -0.05) is 30.3 Å². The number of amides is 1. The van der Waals surface area contributed by atoms with Crippen LogP contribution in [0.15, 0.2) is 42.6 Å². The van der Waals surface area contributed by atoms with Gasteiger partial charge in [-0.15, -0.1) is 0 Å². The van der Waals surface area contributed by atoms with E-state index in [0.717, 1.165) is 24.1 Å². The molecule has 1 aromatic carbocycles. The standard InChI is InChI=1S/C14H15N3O/c18-13(15-10-12-6-9-16-17-12)14(7-8-14)11-4-2-1-3-5-11/h1-6,9H,7-8,10H2,(H,15,18)(H,16,17). The van der Waals surface area contributed by atoms with Crippen molar-refractivity contribution in [2.24, 2.45) is 0 Å². The molecule has 1 heterocycles. The second-order valence-electron chi connectivity index (χ2n) is 4.71. The molecule has 4 heteroatoms. The molecule has 2 aromatic rings. The molecule has 0 saturated heterocycles. The van der Waals surface area contributed by atoms with E-state index in [1.807, 2.05) is 36.4 Å². The van der Waals surface area contributed by atoms with Gasteiger partial charge in [0.2, 0.25) is 5.91 Å². The SMILES string of the molecule is O=C(NCc1ccn[nH]1)C1(c2ccccc2)CC1. The van der Waals surface area contributed by atoms with Gasteiger partial charge >= 0.3 is 0 Å². The number of carbonyl (C=O) groups is 1. The molecule has 2 N–H and O–H groups in total. The summed E-state index contributed by atoms with van der Waals surface area (Å²) in [6, 6.07) is 11.9. The van der Waals surface area contributed by atoms with Crippen molar-refractivity contribution in [3.05, 3.63) is 53.9 Å². The van der Waals surface area contributed by atoms with Crippen LogP contribution < -0.4 is 5.32 Å². The highest BCUT2D eigenvalue weighted by molar-refractivity contribution is 5.91. The Labute approximate surface area is 105 Å². The van der Waals surface area contributed by atoms with Gasteiger partial charge in [0, 0.05) is 6.20 Å². The topological polar surface area (TPSA) is 57.8 Å². The van der Waals surface area contributed by atoms with Gasteiger partial charge in [-0.05, 0) is 24.5 Å². The predicted molar refractivity (Wildman–Crippen MR) is 67.8 cm³/mol. The minimum atomic E-state index is -0.290. The molecule has 0 aliphatic heterocycles. The number of H-pyrrole nitrogens is 1. The third kappa shape index (κ3) is 1.90. The van der Waals surface area contributed by atoms with Crippen molar-refractivity contribution < 1.29 is 4.79 Å². The number of hydrogen-bond acceptors (Lipinski definition) is 2. The fourth-order valence-electron chi connectivity index (χ4n) is 2.26. The first kappa shape index (κ1) is 11.0. The Kier molecular flexibility index (Phi) is 2.63. The van der Waals surface area contributed by atoms with Crippen LogP contribution in [0.5, 0.6) is 0 Å². The Hall–Kier alpha value is -2.10.